The van der Waals surface area contributed by atoms with Gasteiger partial charge in [-0.2, -0.15) is 0 Å². The fourth-order valence-corrected chi connectivity index (χ4v) is 4.51. The molecule has 0 aromatic heterocycles. The zero-order valence-electron chi connectivity index (χ0n) is 14.2. The molecule has 0 radical (unpaired) electrons. The van der Waals surface area contributed by atoms with Crippen LogP contribution in [0, 0.1) is 34.6 Å². The predicted molar refractivity (Wildman–Crippen MR) is 87.9 cm³/mol. The SMILES string of the molecule is CCOP(=O)(OCC)[C@@H](N)c1c(C)c(C)c(C)c(C)c1C. The highest BCUT2D eigenvalue weighted by atomic mass is 31.2. The van der Waals surface area contributed by atoms with Gasteiger partial charge in [0.2, 0.25) is 0 Å². The Morgan fingerprint density at radius 1 is 0.857 bits per heavy atom. The molecule has 1 rings (SSSR count). The smallest absolute Gasteiger partial charge is 0.314 e. The summed E-state index contributed by atoms with van der Waals surface area (Å²) in [5.41, 5.74) is 13.0. The quantitative estimate of drug-likeness (QED) is 0.788. The average molecular weight is 313 g/mol. The minimum Gasteiger partial charge on any atom is -0.314 e. The van der Waals surface area contributed by atoms with Crippen molar-refractivity contribution in [2.75, 3.05) is 13.2 Å². The van der Waals surface area contributed by atoms with Crippen molar-refractivity contribution < 1.29 is 13.6 Å². The van der Waals surface area contributed by atoms with Crippen molar-refractivity contribution in [3.05, 3.63) is 33.4 Å². The molecule has 21 heavy (non-hydrogen) atoms. The van der Waals surface area contributed by atoms with Crippen LogP contribution >= 0.6 is 7.60 Å². The highest BCUT2D eigenvalue weighted by molar-refractivity contribution is 7.54. The first-order chi connectivity index (χ1) is 9.71. The molecule has 1 atom stereocenters. The van der Waals surface area contributed by atoms with E-state index in [1.807, 2.05) is 13.8 Å². The molecular formula is C16H28NO3P. The van der Waals surface area contributed by atoms with Gasteiger partial charge in [-0.25, -0.2) is 0 Å². The summed E-state index contributed by atoms with van der Waals surface area (Å²) in [6.45, 7) is 14.5. The van der Waals surface area contributed by atoms with Crippen LogP contribution in [0.3, 0.4) is 0 Å². The molecular weight excluding hydrogens is 285 g/mol. The highest BCUT2D eigenvalue weighted by Gasteiger charge is 2.36. The van der Waals surface area contributed by atoms with Gasteiger partial charge < -0.3 is 14.8 Å². The molecule has 1 aromatic rings. The monoisotopic (exact) mass is 313 g/mol. The Kier molecular flexibility index (Phi) is 6.18. The molecule has 120 valence electrons. The van der Waals surface area contributed by atoms with Gasteiger partial charge in [0.25, 0.3) is 0 Å². The highest BCUT2D eigenvalue weighted by Crippen LogP contribution is 2.59. The largest absolute Gasteiger partial charge is 0.351 e. The lowest BCUT2D eigenvalue weighted by Crippen LogP contribution is -2.19. The van der Waals surface area contributed by atoms with Gasteiger partial charge in [0.1, 0.15) is 5.78 Å². The van der Waals surface area contributed by atoms with Gasteiger partial charge in [-0.3, -0.25) is 4.57 Å². The van der Waals surface area contributed by atoms with Gasteiger partial charge in [0.15, 0.2) is 0 Å². The molecule has 0 aliphatic carbocycles. The molecule has 2 N–H and O–H groups in total. The van der Waals surface area contributed by atoms with Crippen LogP contribution < -0.4 is 5.73 Å². The summed E-state index contributed by atoms with van der Waals surface area (Å²) >= 11 is 0. The van der Waals surface area contributed by atoms with Gasteiger partial charge in [-0.05, 0) is 81.8 Å². The fourth-order valence-electron chi connectivity index (χ4n) is 2.69. The van der Waals surface area contributed by atoms with Crippen molar-refractivity contribution in [3.63, 3.8) is 0 Å². The molecule has 4 nitrogen and oxygen atoms in total. The van der Waals surface area contributed by atoms with Crippen LogP contribution in [0.1, 0.15) is 53.0 Å². The number of hydrogen-bond acceptors (Lipinski definition) is 4. The molecule has 0 fully saturated rings. The number of hydrogen-bond donors (Lipinski definition) is 1. The summed E-state index contributed by atoms with van der Waals surface area (Å²) in [6, 6.07) is 0. The molecule has 0 bridgehead atoms. The average Bonchev–Trinajstić information content (AvgIpc) is 2.43. The summed E-state index contributed by atoms with van der Waals surface area (Å²) in [5.74, 6) is -0.754. The van der Waals surface area contributed by atoms with Gasteiger partial charge in [-0.15, -0.1) is 0 Å². The van der Waals surface area contributed by atoms with Crippen molar-refractivity contribution in [2.24, 2.45) is 5.73 Å². The van der Waals surface area contributed by atoms with Gasteiger partial charge in [-0.1, -0.05) is 0 Å². The lowest BCUT2D eigenvalue weighted by molar-refractivity contribution is 0.212. The summed E-state index contributed by atoms with van der Waals surface area (Å²) in [4.78, 5) is 0. The summed E-state index contributed by atoms with van der Waals surface area (Å²) in [5, 5.41) is 0. The lowest BCUT2D eigenvalue weighted by Gasteiger charge is -2.28. The summed E-state index contributed by atoms with van der Waals surface area (Å²) in [7, 11) is -3.36. The van der Waals surface area contributed by atoms with E-state index >= 15 is 0 Å². The maximum Gasteiger partial charge on any atom is 0.351 e. The molecule has 0 spiro atoms. The van der Waals surface area contributed by atoms with Crippen LogP contribution in [-0.2, 0) is 13.6 Å². The van der Waals surface area contributed by atoms with Gasteiger partial charge in [0, 0.05) is 0 Å². The number of benzene rings is 1. The third kappa shape index (κ3) is 3.40. The van der Waals surface area contributed by atoms with Crippen molar-refractivity contribution in [2.45, 2.75) is 54.2 Å². The van der Waals surface area contributed by atoms with E-state index in [-0.39, 0.29) is 0 Å². The number of nitrogens with two attached hydrogens (primary N) is 1. The summed E-state index contributed by atoms with van der Waals surface area (Å²) < 4.78 is 23.8. The molecule has 0 unspecified atom stereocenters. The summed E-state index contributed by atoms with van der Waals surface area (Å²) in [6.07, 6.45) is 0. The van der Waals surface area contributed by atoms with E-state index < -0.39 is 13.4 Å². The van der Waals surface area contributed by atoms with E-state index in [1.165, 1.54) is 16.7 Å². The maximum atomic E-state index is 13.0. The number of rotatable bonds is 6. The first-order valence-corrected chi connectivity index (χ1v) is 9.03. The van der Waals surface area contributed by atoms with Crippen molar-refractivity contribution in [3.8, 4) is 0 Å². The molecule has 0 heterocycles. The molecule has 0 aliphatic heterocycles. The molecule has 5 heteroatoms. The van der Waals surface area contributed by atoms with Gasteiger partial charge >= 0.3 is 7.60 Å². The van der Waals surface area contributed by atoms with Crippen LogP contribution in [0.4, 0.5) is 0 Å². The second kappa shape index (κ2) is 7.06. The standard InChI is InChI=1S/C16H28NO3P/c1-8-19-21(18,20-9-2)16(17)15-13(6)11(4)10(3)12(5)14(15)7/h16H,8-9,17H2,1-7H3/t16-/m1/s1. The Hall–Kier alpha value is -0.670. The molecule has 0 saturated carbocycles. The van der Waals surface area contributed by atoms with Crippen LogP contribution in [0.5, 0.6) is 0 Å². The first-order valence-electron chi connectivity index (χ1n) is 7.42. The van der Waals surface area contributed by atoms with Gasteiger partial charge in [0.05, 0.1) is 13.2 Å². The van der Waals surface area contributed by atoms with E-state index in [9.17, 15) is 4.57 Å². The third-order valence-corrected chi connectivity index (χ3v) is 6.49. The Morgan fingerprint density at radius 2 is 1.19 bits per heavy atom. The Balaban J connectivity index is 3.49. The molecule has 1 aromatic carbocycles. The van der Waals surface area contributed by atoms with Crippen LogP contribution in [0.15, 0.2) is 0 Å². The van der Waals surface area contributed by atoms with E-state index in [0.717, 1.165) is 16.7 Å². The van der Waals surface area contributed by atoms with Crippen LogP contribution in [0.2, 0.25) is 0 Å². The second-order valence-corrected chi connectivity index (χ2v) is 7.51. The third-order valence-electron chi connectivity index (χ3n) is 4.31. The van der Waals surface area contributed by atoms with Crippen molar-refractivity contribution >= 4 is 7.60 Å². The second-order valence-electron chi connectivity index (χ2n) is 5.36. The Labute approximate surface area is 128 Å². The minimum atomic E-state index is -3.36. The first kappa shape index (κ1) is 18.4. The van der Waals surface area contributed by atoms with E-state index in [1.54, 1.807) is 13.8 Å². The van der Waals surface area contributed by atoms with Crippen LogP contribution in [0.25, 0.3) is 0 Å². The minimum absolute atomic E-state index is 0.312. The lowest BCUT2D eigenvalue weighted by atomic mass is 9.89. The normalized spacial score (nSPS) is 13.5. The predicted octanol–water partition coefficient (Wildman–Crippen LogP) is 4.45. The molecule has 0 amide bonds. The molecule has 0 saturated heterocycles. The van der Waals surface area contributed by atoms with E-state index in [0.29, 0.717) is 13.2 Å². The Morgan fingerprint density at radius 3 is 1.52 bits per heavy atom. The fraction of sp³-hybridized carbons (Fsp3) is 0.625. The van der Waals surface area contributed by atoms with E-state index in [4.69, 9.17) is 14.8 Å². The van der Waals surface area contributed by atoms with E-state index in [2.05, 4.69) is 20.8 Å². The maximum absolute atomic E-state index is 13.0. The zero-order valence-corrected chi connectivity index (χ0v) is 15.1. The van der Waals surface area contributed by atoms with Crippen LogP contribution in [-0.4, -0.2) is 13.2 Å². The molecule has 0 aliphatic rings. The zero-order chi connectivity index (χ0) is 16.4. The Bertz CT molecular complexity index is 530. The van der Waals surface area contributed by atoms with Crippen molar-refractivity contribution in [1.82, 2.24) is 0 Å². The topological polar surface area (TPSA) is 61.5 Å². The van der Waals surface area contributed by atoms with Crippen molar-refractivity contribution in [1.29, 1.82) is 0 Å².